The summed E-state index contributed by atoms with van der Waals surface area (Å²) >= 11 is 0. The van der Waals surface area contributed by atoms with Crippen molar-refractivity contribution in [3.05, 3.63) is 36.5 Å². The van der Waals surface area contributed by atoms with Gasteiger partial charge in [-0.25, -0.2) is 4.57 Å². The van der Waals surface area contributed by atoms with Gasteiger partial charge in [-0.05, 0) is 51.4 Å². The molecule has 3 unspecified atom stereocenters. The SMILES string of the molecule is CCCCCCC/C=C\C/C=C\CCCCCCCCCCCC(=O)NC(COP(=O)(O)OCC[N+](C)(C)C)C(O)/C=C/CCCCCCCC. The van der Waals surface area contributed by atoms with Crippen molar-refractivity contribution >= 4 is 13.7 Å². The lowest BCUT2D eigenvalue weighted by atomic mass is 10.0. The van der Waals surface area contributed by atoms with Crippen molar-refractivity contribution in [2.75, 3.05) is 40.9 Å². The number of unbranched alkanes of at least 4 members (excludes halogenated alkanes) is 20. The maximum Gasteiger partial charge on any atom is 0.472 e. The van der Waals surface area contributed by atoms with Crippen LogP contribution in [0.4, 0.5) is 0 Å². The van der Waals surface area contributed by atoms with Crippen LogP contribution in [0.5, 0.6) is 0 Å². The third-order valence-electron chi connectivity index (χ3n) is 9.10. The van der Waals surface area contributed by atoms with Gasteiger partial charge in [-0.2, -0.15) is 0 Å². The van der Waals surface area contributed by atoms with Gasteiger partial charge >= 0.3 is 7.82 Å². The highest BCUT2D eigenvalue weighted by Gasteiger charge is 2.27. The van der Waals surface area contributed by atoms with Gasteiger partial charge in [-0.15, -0.1) is 0 Å². The maximum absolute atomic E-state index is 12.8. The van der Waals surface area contributed by atoms with Crippen molar-refractivity contribution in [1.29, 1.82) is 0 Å². The fourth-order valence-electron chi connectivity index (χ4n) is 5.72. The quantitative estimate of drug-likeness (QED) is 0.0253. The van der Waals surface area contributed by atoms with Crippen molar-refractivity contribution < 1.29 is 32.9 Å². The maximum atomic E-state index is 12.8. The van der Waals surface area contributed by atoms with Gasteiger partial charge in [0.05, 0.1) is 39.9 Å². The minimum Gasteiger partial charge on any atom is -0.387 e. The molecule has 0 bridgehead atoms. The molecule has 51 heavy (non-hydrogen) atoms. The van der Waals surface area contributed by atoms with Crippen LogP contribution < -0.4 is 5.32 Å². The summed E-state index contributed by atoms with van der Waals surface area (Å²) in [5.74, 6) is -0.187. The summed E-state index contributed by atoms with van der Waals surface area (Å²) in [4.78, 5) is 23.0. The monoisotopic (exact) mass is 742 g/mol. The number of hydrogen-bond donors (Lipinski definition) is 3. The Hall–Kier alpha value is -1.28. The molecular weight excluding hydrogens is 659 g/mol. The van der Waals surface area contributed by atoms with Crippen molar-refractivity contribution in [2.24, 2.45) is 0 Å². The van der Waals surface area contributed by atoms with E-state index >= 15 is 0 Å². The number of nitrogens with one attached hydrogen (secondary N) is 1. The van der Waals surface area contributed by atoms with E-state index in [0.29, 0.717) is 17.4 Å². The highest BCUT2D eigenvalue weighted by molar-refractivity contribution is 7.47. The normalized spacial score (nSPS) is 14.9. The van der Waals surface area contributed by atoms with Crippen LogP contribution in [-0.4, -0.2) is 73.4 Å². The molecule has 300 valence electrons. The first-order chi connectivity index (χ1) is 24.5. The molecule has 0 aliphatic carbocycles. The van der Waals surface area contributed by atoms with E-state index in [-0.39, 0.29) is 19.1 Å². The zero-order chi connectivity index (χ0) is 37.9. The first kappa shape index (κ1) is 49.7. The van der Waals surface area contributed by atoms with Crippen LogP contribution in [0.15, 0.2) is 36.5 Å². The van der Waals surface area contributed by atoms with Crippen LogP contribution in [0, 0.1) is 0 Å². The second-order valence-corrected chi connectivity index (χ2v) is 16.8. The van der Waals surface area contributed by atoms with Gasteiger partial charge in [0.1, 0.15) is 13.2 Å². The number of allylic oxidation sites excluding steroid dienone is 5. The van der Waals surface area contributed by atoms with Crippen LogP contribution in [0.1, 0.15) is 174 Å². The number of carbonyl (C=O) groups is 1. The van der Waals surface area contributed by atoms with Crippen LogP contribution in [0.3, 0.4) is 0 Å². The third kappa shape index (κ3) is 36.9. The summed E-state index contributed by atoms with van der Waals surface area (Å²) in [5, 5.41) is 13.7. The number of likely N-dealkylation sites (N-methyl/N-ethyl adjacent to an activating group) is 1. The second kappa shape index (κ2) is 34.5. The Morgan fingerprint density at radius 1 is 0.667 bits per heavy atom. The molecule has 0 aromatic carbocycles. The molecule has 3 N–H and O–H groups in total. The molecule has 0 spiro atoms. The van der Waals surface area contributed by atoms with Gasteiger partial charge in [-0.1, -0.05) is 153 Å². The van der Waals surface area contributed by atoms with Crippen molar-refractivity contribution in [3.8, 4) is 0 Å². The fourth-order valence-corrected chi connectivity index (χ4v) is 6.45. The summed E-state index contributed by atoms with van der Waals surface area (Å²) in [5.41, 5.74) is 0. The number of rotatable bonds is 37. The zero-order valence-corrected chi connectivity index (χ0v) is 34.7. The molecule has 0 radical (unpaired) electrons. The van der Waals surface area contributed by atoms with Crippen LogP contribution >= 0.6 is 7.82 Å². The van der Waals surface area contributed by atoms with E-state index in [1.165, 1.54) is 109 Å². The van der Waals surface area contributed by atoms with E-state index in [9.17, 15) is 19.4 Å². The minimum atomic E-state index is -4.33. The van der Waals surface area contributed by atoms with E-state index in [4.69, 9.17) is 9.05 Å². The first-order valence-electron chi connectivity index (χ1n) is 20.9. The number of phosphoric acid groups is 1. The van der Waals surface area contributed by atoms with Gasteiger partial charge in [-0.3, -0.25) is 13.8 Å². The summed E-state index contributed by atoms with van der Waals surface area (Å²) in [6.45, 7) is 4.74. The number of nitrogens with zero attached hydrogens (tertiary/aromatic N) is 1. The fraction of sp³-hybridized carbons (Fsp3) is 0.833. The Labute approximate surface area is 315 Å². The molecule has 0 aliphatic heterocycles. The molecule has 0 saturated carbocycles. The summed E-state index contributed by atoms with van der Waals surface area (Å²) in [7, 11) is 1.56. The minimum absolute atomic E-state index is 0.0598. The Morgan fingerprint density at radius 3 is 1.61 bits per heavy atom. The van der Waals surface area contributed by atoms with Gasteiger partial charge in [0.2, 0.25) is 5.91 Å². The molecule has 0 rings (SSSR count). The number of aliphatic hydroxyl groups is 1. The molecule has 1 amide bonds. The predicted molar refractivity (Wildman–Crippen MR) is 217 cm³/mol. The molecule has 0 fully saturated rings. The largest absolute Gasteiger partial charge is 0.472 e. The molecule has 8 nitrogen and oxygen atoms in total. The number of aliphatic hydroxyl groups excluding tert-OH is 1. The zero-order valence-electron chi connectivity index (χ0n) is 33.8. The average Bonchev–Trinajstić information content (AvgIpc) is 3.07. The molecule has 3 atom stereocenters. The Bertz CT molecular complexity index is 933. The topological polar surface area (TPSA) is 105 Å². The average molecular weight is 742 g/mol. The van der Waals surface area contributed by atoms with Gasteiger partial charge in [0.25, 0.3) is 0 Å². The third-order valence-corrected chi connectivity index (χ3v) is 10.1. The van der Waals surface area contributed by atoms with Crippen molar-refractivity contribution in [1.82, 2.24) is 5.32 Å². The van der Waals surface area contributed by atoms with E-state index in [0.717, 1.165) is 44.9 Å². The van der Waals surface area contributed by atoms with E-state index in [1.54, 1.807) is 6.08 Å². The Kier molecular flexibility index (Phi) is 33.6. The Balaban J connectivity index is 4.28. The number of hydrogen-bond acceptors (Lipinski definition) is 5. The number of quaternary nitrogens is 1. The lowest BCUT2D eigenvalue weighted by Gasteiger charge is -2.25. The Morgan fingerprint density at radius 2 is 1.12 bits per heavy atom. The summed E-state index contributed by atoms with van der Waals surface area (Å²) < 4.78 is 23.4. The smallest absolute Gasteiger partial charge is 0.387 e. The van der Waals surface area contributed by atoms with Crippen molar-refractivity contribution in [2.45, 2.75) is 187 Å². The second-order valence-electron chi connectivity index (χ2n) is 15.4. The number of amides is 1. The van der Waals surface area contributed by atoms with Crippen LogP contribution in [0.25, 0.3) is 0 Å². The standard InChI is InChI=1S/C42H81N2O6P/c1-6-8-10-12-14-16-17-18-19-20-21-22-23-24-25-26-27-28-30-32-34-36-42(46)43-40(39-50-51(47,48)49-38-37-44(3,4)5)41(45)35-33-31-29-15-13-11-9-7-2/h17-18,20-21,33,35,40-41,45H,6-16,19,22-32,34,36-39H2,1-5H3,(H-,43,46,47,48)/p+1/b18-17-,21-20-,35-33+. The number of phosphoric ester groups is 1. The molecule has 0 aliphatic rings. The molecule has 0 heterocycles. The molecule has 9 heteroatoms. The predicted octanol–water partition coefficient (Wildman–Crippen LogP) is 11.1. The van der Waals surface area contributed by atoms with Gasteiger partial charge in [0, 0.05) is 6.42 Å². The van der Waals surface area contributed by atoms with Crippen molar-refractivity contribution in [3.63, 3.8) is 0 Å². The first-order valence-corrected chi connectivity index (χ1v) is 22.4. The summed E-state index contributed by atoms with van der Waals surface area (Å²) in [6.07, 6.45) is 40.8. The molecule has 0 aromatic rings. The lowest BCUT2D eigenvalue weighted by Crippen LogP contribution is -2.45. The number of carbonyl (C=O) groups excluding carboxylic acids is 1. The van der Waals surface area contributed by atoms with Gasteiger partial charge < -0.3 is 19.8 Å². The van der Waals surface area contributed by atoms with Crippen LogP contribution in [0.2, 0.25) is 0 Å². The highest BCUT2D eigenvalue weighted by atomic mass is 31.2. The summed E-state index contributed by atoms with van der Waals surface area (Å²) in [6, 6.07) is -0.844. The van der Waals surface area contributed by atoms with Gasteiger partial charge in [0.15, 0.2) is 0 Å². The molecule has 0 saturated heterocycles. The molecule has 0 aromatic heterocycles. The highest BCUT2D eigenvalue weighted by Crippen LogP contribution is 2.43. The lowest BCUT2D eigenvalue weighted by molar-refractivity contribution is -0.870. The van der Waals surface area contributed by atoms with E-state index in [1.807, 2.05) is 27.2 Å². The van der Waals surface area contributed by atoms with Crippen LogP contribution in [-0.2, 0) is 18.4 Å². The molecular formula is C42H82N2O6P+. The van der Waals surface area contributed by atoms with E-state index in [2.05, 4.69) is 43.5 Å². The van der Waals surface area contributed by atoms with E-state index < -0.39 is 20.0 Å².